The van der Waals surface area contributed by atoms with Gasteiger partial charge in [-0.3, -0.25) is 0 Å². The van der Waals surface area contributed by atoms with Crippen LogP contribution in [0, 0.1) is 5.82 Å². The first-order chi connectivity index (χ1) is 8.79. The van der Waals surface area contributed by atoms with E-state index in [1.54, 1.807) is 12.1 Å². The fraction of sp³-hybridized carbons (Fsp3) is 0.143. The molecule has 18 heavy (non-hydrogen) atoms. The zero-order valence-electron chi connectivity index (χ0n) is 10.1. The van der Waals surface area contributed by atoms with E-state index < -0.39 is 0 Å². The number of benzene rings is 2. The molecule has 2 aromatic rings. The van der Waals surface area contributed by atoms with E-state index in [-0.39, 0.29) is 11.6 Å². The molecular formula is C14H15FN2O. The van der Waals surface area contributed by atoms with Crippen molar-refractivity contribution in [2.75, 3.05) is 12.5 Å². The topological polar surface area (TPSA) is 33.3 Å². The van der Waals surface area contributed by atoms with Crippen LogP contribution in [0.15, 0.2) is 48.5 Å². The third kappa shape index (κ3) is 3.21. The summed E-state index contributed by atoms with van der Waals surface area (Å²) in [6.07, 6.45) is 0. The highest BCUT2D eigenvalue weighted by molar-refractivity contribution is 5.41. The number of methoxy groups -OCH3 is 1. The normalized spacial score (nSPS) is 10.1. The van der Waals surface area contributed by atoms with E-state index in [9.17, 15) is 4.39 Å². The first-order valence-corrected chi connectivity index (χ1v) is 5.66. The van der Waals surface area contributed by atoms with Crippen LogP contribution in [0.2, 0.25) is 0 Å². The number of nitrogens with one attached hydrogen (secondary N) is 2. The Kier molecular flexibility index (Phi) is 4.15. The van der Waals surface area contributed by atoms with Gasteiger partial charge in [-0.25, -0.2) is 9.82 Å². The summed E-state index contributed by atoms with van der Waals surface area (Å²) in [5.41, 5.74) is 8.04. The molecule has 0 unspecified atom stereocenters. The molecule has 94 valence electrons. The number of hydrogen-bond acceptors (Lipinski definition) is 3. The minimum Gasteiger partial charge on any atom is -0.494 e. The summed E-state index contributed by atoms with van der Waals surface area (Å²) in [7, 11) is 1.46. The Bertz CT molecular complexity index is 502. The highest BCUT2D eigenvalue weighted by Crippen LogP contribution is 2.18. The maximum absolute atomic E-state index is 13.2. The fourth-order valence-electron chi connectivity index (χ4n) is 1.58. The number of rotatable bonds is 5. The Morgan fingerprint density at radius 3 is 2.61 bits per heavy atom. The first-order valence-electron chi connectivity index (χ1n) is 5.66. The average molecular weight is 246 g/mol. The van der Waals surface area contributed by atoms with Crippen LogP contribution in [0.25, 0.3) is 0 Å². The quantitative estimate of drug-likeness (QED) is 0.796. The monoisotopic (exact) mass is 246 g/mol. The van der Waals surface area contributed by atoms with Gasteiger partial charge in [0.05, 0.1) is 7.11 Å². The van der Waals surface area contributed by atoms with Gasteiger partial charge in [-0.05, 0) is 29.8 Å². The highest BCUT2D eigenvalue weighted by Gasteiger charge is 2.02. The molecular weight excluding hydrogens is 231 g/mol. The molecule has 0 bridgehead atoms. The Morgan fingerprint density at radius 1 is 1.11 bits per heavy atom. The molecule has 0 spiro atoms. The highest BCUT2D eigenvalue weighted by atomic mass is 19.1. The van der Waals surface area contributed by atoms with Gasteiger partial charge in [-0.15, -0.1) is 0 Å². The van der Waals surface area contributed by atoms with E-state index in [0.717, 1.165) is 11.3 Å². The zero-order valence-corrected chi connectivity index (χ0v) is 10.1. The van der Waals surface area contributed by atoms with Crippen molar-refractivity contribution in [3.63, 3.8) is 0 Å². The lowest BCUT2D eigenvalue weighted by Gasteiger charge is -2.09. The Morgan fingerprint density at radius 2 is 1.89 bits per heavy atom. The van der Waals surface area contributed by atoms with Crippen molar-refractivity contribution in [3.05, 3.63) is 59.9 Å². The van der Waals surface area contributed by atoms with E-state index in [0.29, 0.717) is 6.54 Å². The predicted molar refractivity (Wildman–Crippen MR) is 69.9 cm³/mol. The van der Waals surface area contributed by atoms with E-state index in [1.165, 1.54) is 13.2 Å². The standard InChI is InChI=1S/C14H15FN2O/c1-18-14-9-11(7-8-13(14)15)10-16-17-12-5-3-2-4-6-12/h2-9,16-17H,10H2,1H3. The van der Waals surface area contributed by atoms with Crippen LogP contribution in [0.1, 0.15) is 5.56 Å². The van der Waals surface area contributed by atoms with Gasteiger partial charge in [0, 0.05) is 12.2 Å². The number of halogens is 1. The lowest BCUT2D eigenvalue weighted by atomic mass is 10.2. The molecule has 0 radical (unpaired) electrons. The average Bonchev–Trinajstić information content (AvgIpc) is 2.42. The van der Waals surface area contributed by atoms with Crippen molar-refractivity contribution in [1.29, 1.82) is 0 Å². The molecule has 0 amide bonds. The molecule has 0 aliphatic rings. The van der Waals surface area contributed by atoms with Crippen LogP contribution in [0.3, 0.4) is 0 Å². The Labute approximate surface area is 106 Å². The molecule has 0 aliphatic heterocycles. The molecule has 0 saturated heterocycles. The van der Waals surface area contributed by atoms with Gasteiger partial charge in [0.15, 0.2) is 11.6 Å². The molecule has 0 saturated carbocycles. The molecule has 0 atom stereocenters. The maximum Gasteiger partial charge on any atom is 0.165 e. The van der Waals surface area contributed by atoms with Gasteiger partial charge in [0.1, 0.15) is 0 Å². The van der Waals surface area contributed by atoms with E-state index in [2.05, 4.69) is 10.9 Å². The second-order valence-electron chi connectivity index (χ2n) is 3.81. The molecule has 2 aromatic carbocycles. The number of hydrogen-bond donors (Lipinski definition) is 2. The minimum atomic E-state index is -0.350. The third-order valence-corrected chi connectivity index (χ3v) is 2.51. The zero-order chi connectivity index (χ0) is 12.8. The lowest BCUT2D eigenvalue weighted by Crippen LogP contribution is -2.20. The summed E-state index contributed by atoms with van der Waals surface area (Å²) in [5, 5.41) is 0. The molecule has 0 aliphatic carbocycles. The van der Waals surface area contributed by atoms with E-state index in [1.807, 2.05) is 30.3 Å². The fourth-order valence-corrected chi connectivity index (χ4v) is 1.58. The summed E-state index contributed by atoms with van der Waals surface area (Å²) >= 11 is 0. The molecule has 3 nitrogen and oxygen atoms in total. The summed E-state index contributed by atoms with van der Waals surface area (Å²) in [6, 6.07) is 14.6. The second kappa shape index (κ2) is 6.02. The summed E-state index contributed by atoms with van der Waals surface area (Å²) in [6.45, 7) is 0.575. The van der Waals surface area contributed by atoms with Crippen LogP contribution in [-0.4, -0.2) is 7.11 Å². The van der Waals surface area contributed by atoms with Gasteiger partial charge in [0.25, 0.3) is 0 Å². The summed E-state index contributed by atoms with van der Waals surface area (Å²) in [4.78, 5) is 0. The van der Waals surface area contributed by atoms with Crippen molar-refractivity contribution < 1.29 is 9.13 Å². The van der Waals surface area contributed by atoms with Crippen LogP contribution in [0.5, 0.6) is 5.75 Å². The second-order valence-corrected chi connectivity index (χ2v) is 3.81. The maximum atomic E-state index is 13.2. The van der Waals surface area contributed by atoms with Crippen molar-refractivity contribution in [2.45, 2.75) is 6.54 Å². The van der Waals surface area contributed by atoms with Crippen LogP contribution in [-0.2, 0) is 6.54 Å². The minimum absolute atomic E-state index is 0.258. The molecule has 4 heteroatoms. The van der Waals surface area contributed by atoms with Crippen molar-refractivity contribution >= 4 is 5.69 Å². The number of para-hydroxylation sites is 1. The SMILES string of the molecule is COc1cc(CNNc2ccccc2)ccc1F. The summed E-state index contributed by atoms with van der Waals surface area (Å²) < 4.78 is 18.1. The molecule has 0 fully saturated rings. The Balaban J connectivity index is 1.91. The lowest BCUT2D eigenvalue weighted by molar-refractivity contribution is 0.386. The third-order valence-electron chi connectivity index (χ3n) is 2.51. The van der Waals surface area contributed by atoms with Crippen LogP contribution < -0.4 is 15.6 Å². The smallest absolute Gasteiger partial charge is 0.165 e. The van der Waals surface area contributed by atoms with Crippen LogP contribution in [0.4, 0.5) is 10.1 Å². The van der Waals surface area contributed by atoms with Crippen LogP contribution >= 0.6 is 0 Å². The molecule has 2 N–H and O–H groups in total. The van der Waals surface area contributed by atoms with Gasteiger partial charge in [-0.2, -0.15) is 0 Å². The largest absolute Gasteiger partial charge is 0.494 e. The van der Waals surface area contributed by atoms with Crippen molar-refractivity contribution in [1.82, 2.24) is 5.43 Å². The van der Waals surface area contributed by atoms with Gasteiger partial charge in [0.2, 0.25) is 0 Å². The first kappa shape index (κ1) is 12.4. The van der Waals surface area contributed by atoms with Gasteiger partial charge >= 0.3 is 0 Å². The number of anilines is 1. The Hall–Kier alpha value is -2.07. The number of hydrazine groups is 1. The van der Waals surface area contributed by atoms with Gasteiger partial charge in [-0.1, -0.05) is 24.3 Å². The number of ether oxygens (including phenoxy) is 1. The summed E-state index contributed by atoms with van der Waals surface area (Å²) in [5.74, 6) is -0.0914. The van der Waals surface area contributed by atoms with Crippen molar-refractivity contribution in [2.24, 2.45) is 0 Å². The predicted octanol–water partition coefficient (Wildman–Crippen LogP) is 2.95. The van der Waals surface area contributed by atoms with E-state index in [4.69, 9.17) is 4.74 Å². The van der Waals surface area contributed by atoms with Gasteiger partial charge < -0.3 is 10.2 Å². The molecule has 0 aromatic heterocycles. The molecule has 2 rings (SSSR count). The van der Waals surface area contributed by atoms with E-state index >= 15 is 0 Å². The molecule has 0 heterocycles. The van der Waals surface area contributed by atoms with Crippen molar-refractivity contribution in [3.8, 4) is 5.75 Å².